The van der Waals surface area contributed by atoms with E-state index in [4.69, 9.17) is 9.84 Å². The zero-order valence-corrected chi connectivity index (χ0v) is 12.2. The Morgan fingerprint density at radius 1 is 1.55 bits per heavy atom. The van der Waals surface area contributed by atoms with Crippen LogP contribution in [0.25, 0.3) is 6.08 Å². The van der Waals surface area contributed by atoms with E-state index in [0.29, 0.717) is 0 Å². The van der Waals surface area contributed by atoms with Gasteiger partial charge in [0.1, 0.15) is 12.2 Å². The molecule has 0 bridgehead atoms. The number of aromatic nitrogens is 2. The van der Waals surface area contributed by atoms with Crippen LogP contribution in [0, 0.1) is 0 Å². The molecular weight excluding hydrogens is 384 g/mol. The summed E-state index contributed by atoms with van der Waals surface area (Å²) in [6, 6.07) is 0. The summed E-state index contributed by atoms with van der Waals surface area (Å²) >= 11 is 1.89. The number of aliphatic hydroxyl groups excluding tert-OH is 2. The standard InChI is InChI=1S/C11H12FIN2O5/c12-7-8(17)6(4-16)20-10(7)15-3-5(1-2-13)9(18)14-11(15)19/h1-3,6-8,10,16-17H,4H2,(H,14,18,19)/b2-1+/t6-,7+,8-,10-/m1/s1/i13-2. The van der Waals surface area contributed by atoms with Crippen LogP contribution in [-0.4, -0.2) is 44.8 Å². The third-order valence-electron chi connectivity index (χ3n) is 2.99. The SMILES string of the molecule is O=c1[nH]c(=O)n([C@@H]2O[C@H](CO)[C@@H](O)[C@@H]2F)cc1/C=C/[125I]. The molecule has 1 aliphatic rings. The normalized spacial score (nSPS) is 30.2. The predicted octanol–water partition coefficient (Wildman–Crippen LogP) is -0.469. The Hall–Kier alpha value is -1.04. The number of nitrogens with one attached hydrogen (secondary N) is 1. The molecule has 110 valence electrons. The zero-order valence-electron chi connectivity index (χ0n) is 10.1. The van der Waals surface area contributed by atoms with Crippen molar-refractivity contribution in [3.05, 3.63) is 36.7 Å². The van der Waals surface area contributed by atoms with Gasteiger partial charge in [-0.3, -0.25) is 14.3 Å². The molecule has 20 heavy (non-hydrogen) atoms. The summed E-state index contributed by atoms with van der Waals surface area (Å²) in [6.07, 6.45) is -3.33. The molecule has 1 aromatic heterocycles. The molecule has 0 unspecified atom stereocenters. The average Bonchev–Trinajstić information content (AvgIpc) is 2.70. The minimum Gasteiger partial charge on any atom is -0.394 e. The molecule has 1 aromatic rings. The molecular formula is C11H12FIN2O5. The number of rotatable bonds is 3. The van der Waals surface area contributed by atoms with Crippen molar-refractivity contribution in [1.29, 1.82) is 0 Å². The smallest absolute Gasteiger partial charge is 0.330 e. The molecule has 0 saturated carbocycles. The molecule has 4 atom stereocenters. The summed E-state index contributed by atoms with van der Waals surface area (Å²) in [6.45, 7) is -0.573. The first-order valence-electron chi connectivity index (χ1n) is 5.70. The van der Waals surface area contributed by atoms with Gasteiger partial charge in [0.05, 0.1) is 12.2 Å². The number of halogens is 2. The third-order valence-corrected chi connectivity index (χ3v) is 3.35. The van der Waals surface area contributed by atoms with E-state index in [1.54, 1.807) is 4.08 Å². The molecule has 0 aliphatic carbocycles. The Labute approximate surface area is 125 Å². The first-order chi connectivity index (χ1) is 9.49. The van der Waals surface area contributed by atoms with Gasteiger partial charge in [0, 0.05) is 6.20 Å². The van der Waals surface area contributed by atoms with Crippen LogP contribution in [0.15, 0.2) is 19.9 Å². The third kappa shape index (κ3) is 2.71. The van der Waals surface area contributed by atoms with Crippen LogP contribution in [0.2, 0.25) is 0 Å². The molecule has 1 fully saturated rings. The first kappa shape index (κ1) is 15.4. The van der Waals surface area contributed by atoms with Gasteiger partial charge in [-0.1, -0.05) is 22.6 Å². The van der Waals surface area contributed by atoms with Crippen LogP contribution in [-0.2, 0) is 4.74 Å². The molecule has 0 amide bonds. The molecule has 2 heterocycles. The number of aliphatic hydroxyl groups is 2. The Morgan fingerprint density at radius 3 is 2.80 bits per heavy atom. The van der Waals surface area contributed by atoms with Gasteiger partial charge in [-0.2, -0.15) is 0 Å². The van der Waals surface area contributed by atoms with Crippen LogP contribution in [0.5, 0.6) is 0 Å². The number of H-pyrrole nitrogens is 1. The van der Waals surface area contributed by atoms with Crippen molar-refractivity contribution >= 4 is 28.7 Å². The number of nitrogens with zero attached hydrogens (tertiary/aromatic N) is 1. The van der Waals surface area contributed by atoms with Gasteiger partial charge in [-0.25, -0.2) is 9.18 Å². The van der Waals surface area contributed by atoms with E-state index in [1.807, 2.05) is 27.6 Å². The van der Waals surface area contributed by atoms with Crippen LogP contribution < -0.4 is 11.2 Å². The lowest BCUT2D eigenvalue weighted by molar-refractivity contribution is -0.0491. The quantitative estimate of drug-likeness (QED) is 0.600. The average molecular weight is 396 g/mol. The predicted molar refractivity (Wildman–Crippen MR) is 76.3 cm³/mol. The van der Waals surface area contributed by atoms with Crippen LogP contribution in [0.1, 0.15) is 11.8 Å². The number of hydrogen-bond donors (Lipinski definition) is 3. The summed E-state index contributed by atoms with van der Waals surface area (Å²) < 4.78 is 21.5. The minimum atomic E-state index is -1.88. The van der Waals surface area contributed by atoms with E-state index in [0.717, 1.165) is 10.8 Å². The van der Waals surface area contributed by atoms with Crippen molar-refractivity contribution in [2.24, 2.45) is 0 Å². The second kappa shape index (κ2) is 6.16. The van der Waals surface area contributed by atoms with Crippen molar-refractivity contribution in [3.63, 3.8) is 0 Å². The summed E-state index contributed by atoms with van der Waals surface area (Å²) in [4.78, 5) is 25.3. The van der Waals surface area contributed by atoms with E-state index in [9.17, 15) is 19.1 Å². The fourth-order valence-electron chi connectivity index (χ4n) is 1.95. The lowest BCUT2D eigenvalue weighted by Gasteiger charge is -2.16. The van der Waals surface area contributed by atoms with E-state index < -0.39 is 42.5 Å². The maximum absolute atomic E-state index is 13.9. The second-order valence-corrected chi connectivity index (χ2v) is 4.95. The molecule has 1 aliphatic heterocycles. The summed E-state index contributed by atoms with van der Waals surface area (Å²) in [5.74, 6) is 0. The molecule has 1 saturated heterocycles. The summed E-state index contributed by atoms with van der Waals surface area (Å²) in [7, 11) is 0. The van der Waals surface area contributed by atoms with E-state index in [1.165, 1.54) is 6.08 Å². The molecule has 9 heteroatoms. The van der Waals surface area contributed by atoms with Gasteiger partial charge in [0.2, 0.25) is 0 Å². The Kier molecular flexibility index (Phi) is 4.73. The van der Waals surface area contributed by atoms with Crippen molar-refractivity contribution < 1.29 is 19.3 Å². The molecule has 0 spiro atoms. The summed E-state index contributed by atoms with van der Waals surface area (Å²) in [5.41, 5.74) is -1.30. The van der Waals surface area contributed by atoms with Crippen LogP contribution in [0.3, 0.4) is 0 Å². The van der Waals surface area contributed by atoms with Gasteiger partial charge in [0.25, 0.3) is 5.56 Å². The van der Waals surface area contributed by atoms with Crippen molar-refractivity contribution in [1.82, 2.24) is 9.55 Å². The van der Waals surface area contributed by atoms with Gasteiger partial charge in [-0.05, 0) is 10.2 Å². The Morgan fingerprint density at radius 2 is 2.25 bits per heavy atom. The van der Waals surface area contributed by atoms with Gasteiger partial charge < -0.3 is 14.9 Å². The number of aromatic amines is 1. The highest BCUT2D eigenvalue weighted by atomic mass is 125. The highest BCUT2D eigenvalue weighted by Crippen LogP contribution is 2.30. The lowest BCUT2D eigenvalue weighted by Crippen LogP contribution is -2.36. The number of hydrogen-bond acceptors (Lipinski definition) is 5. The van der Waals surface area contributed by atoms with Crippen LogP contribution in [0.4, 0.5) is 4.39 Å². The molecule has 0 aromatic carbocycles. The van der Waals surface area contributed by atoms with Gasteiger partial charge in [0.15, 0.2) is 12.4 Å². The van der Waals surface area contributed by atoms with Crippen molar-refractivity contribution in [3.8, 4) is 0 Å². The fourth-order valence-corrected chi connectivity index (χ4v) is 2.34. The Balaban J connectivity index is 2.46. The second-order valence-electron chi connectivity index (χ2n) is 4.23. The topological polar surface area (TPSA) is 105 Å². The highest BCUT2D eigenvalue weighted by molar-refractivity contribution is 14.1. The van der Waals surface area contributed by atoms with Crippen molar-refractivity contribution in [2.75, 3.05) is 6.61 Å². The summed E-state index contributed by atoms with van der Waals surface area (Å²) in [5, 5.41) is 18.5. The molecule has 3 N–H and O–H groups in total. The largest absolute Gasteiger partial charge is 0.394 e. The number of ether oxygens (including phenoxy) is 1. The van der Waals surface area contributed by atoms with Gasteiger partial charge >= 0.3 is 5.69 Å². The molecule has 7 nitrogen and oxygen atoms in total. The van der Waals surface area contributed by atoms with E-state index >= 15 is 0 Å². The van der Waals surface area contributed by atoms with Crippen molar-refractivity contribution in [2.45, 2.75) is 24.6 Å². The molecule has 0 radical (unpaired) electrons. The fraction of sp³-hybridized carbons (Fsp3) is 0.455. The lowest BCUT2D eigenvalue weighted by atomic mass is 10.1. The monoisotopic (exact) mass is 396 g/mol. The maximum atomic E-state index is 13.9. The Bertz CT molecular complexity index is 628. The first-order valence-corrected chi connectivity index (χ1v) is 6.95. The van der Waals surface area contributed by atoms with E-state index in [2.05, 4.69) is 0 Å². The highest BCUT2D eigenvalue weighted by Gasteiger charge is 2.45. The van der Waals surface area contributed by atoms with Crippen LogP contribution >= 0.6 is 22.6 Å². The number of alkyl halides is 1. The minimum absolute atomic E-state index is 0.150. The van der Waals surface area contributed by atoms with E-state index in [-0.39, 0.29) is 5.56 Å². The van der Waals surface area contributed by atoms with Gasteiger partial charge in [-0.15, -0.1) is 0 Å². The zero-order chi connectivity index (χ0) is 14.9. The maximum Gasteiger partial charge on any atom is 0.330 e. The molecule has 2 rings (SSSR count).